The number of carbonyl (C=O) groups is 1. The number of rotatable bonds is 19. The Kier molecular flexibility index (Phi) is 13.1. The average Bonchev–Trinajstić information content (AvgIpc) is 3.54. The second kappa shape index (κ2) is 16.8. The summed E-state index contributed by atoms with van der Waals surface area (Å²) in [6.45, 7) is 2.88. The summed E-state index contributed by atoms with van der Waals surface area (Å²) in [4.78, 5) is 18.6. The second-order valence-corrected chi connectivity index (χ2v) is 9.59. The van der Waals surface area contributed by atoms with Crippen LogP contribution >= 0.6 is 0 Å². The zero-order valence-corrected chi connectivity index (χ0v) is 22.9. The van der Waals surface area contributed by atoms with Crippen molar-refractivity contribution in [3.63, 3.8) is 0 Å². The highest BCUT2D eigenvalue weighted by atomic mass is 16.8. The molecule has 0 saturated heterocycles. The lowest BCUT2D eigenvalue weighted by molar-refractivity contribution is -0.194. The molecule has 1 atom stereocenters. The average molecular weight is 530 g/mol. The van der Waals surface area contributed by atoms with Crippen molar-refractivity contribution < 1.29 is 33.4 Å². The molecule has 0 radical (unpaired) electrons. The highest BCUT2D eigenvalue weighted by Gasteiger charge is 2.24. The first-order valence-corrected chi connectivity index (χ1v) is 14.0. The predicted octanol–water partition coefficient (Wildman–Crippen LogP) is 7.76. The van der Waals surface area contributed by atoms with Gasteiger partial charge in [0.1, 0.15) is 5.76 Å². The molecule has 0 fully saturated rings. The second-order valence-electron chi connectivity index (χ2n) is 9.59. The molecule has 0 aliphatic carbocycles. The SMILES string of the molecule is CCCCCCCCCCCCCCON(c1ccccc1)c1ccc(C(=O)OCC2=C(C)OC(O)O2)o1. The van der Waals surface area contributed by atoms with E-state index < -0.39 is 12.4 Å². The van der Waals surface area contributed by atoms with Crippen molar-refractivity contribution in [1.29, 1.82) is 0 Å². The fourth-order valence-electron chi connectivity index (χ4n) is 4.26. The Balaban J connectivity index is 1.40. The van der Waals surface area contributed by atoms with Crippen molar-refractivity contribution in [3.8, 4) is 0 Å². The minimum Gasteiger partial charge on any atom is -0.452 e. The van der Waals surface area contributed by atoms with Gasteiger partial charge in [-0.15, -0.1) is 0 Å². The Hall–Kier alpha value is -2.97. The topological polar surface area (TPSA) is 90.6 Å². The number of unbranched alkanes of at least 4 members (excludes halogenated alkanes) is 11. The van der Waals surface area contributed by atoms with E-state index in [-0.39, 0.29) is 18.1 Å². The van der Waals surface area contributed by atoms with Crippen LogP contribution in [0.25, 0.3) is 0 Å². The van der Waals surface area contributed by atoms with Gasteiger partial charge in [-0.05, 0) is 31.5 Å². The Morgan fingerprint density at radius 2 is 1.50 bits per heavy atom. The summed E-state index contributed by atoms with van der Waals surface area (Å²) in [6.07, 6.45) is 15.4. The quantitative estimate of drug-likeness (QED) is 0.112. The number of carbonyl (C=O) groups excluding carboxylic acids is 1. The smallest absolute Gasteiger partial charge is 0.374 e. The molecule has 0 spiro atoms. The molecule has 0 saturated carbocycles. The van der Waals surface area contributed by atoms with E-state index >= 15 is 0 Å². The molecule has 0 amide bonds. The van der Waals surface area contributed by atoms with E-state index in [2.05, 4.69) is 6.92 Å². The highest BCUT2D eigenvalue weighted by Crippen LogP contribution is 2.28. The molecule has 1 unspecified atom stereocenters. The van der Waals surface area contributed by atoms with Crippen LogP contribution in [0.3, 0.4) is 0 Å². The number of benzene rings is 1. The zero-order valence-electron chi connectivity index (χ0n) is 22.9. The van der Waals surface area contributed by atoms with Crippen LogP contribution < -0.4 is 5.06 Å². The fourth-order valence-corrected chi connectivity index (χ4v) is 4.26. The summed E-state index contributed by atoms with van der Waals surface area (Å²) in [6, 6.07) is 12.8. The standard InChI is InChI=1S/C30H43NO7/c1-3-4-5-6-7-8-9-10-11-12-13-17-22-35-31(25-18-15-14-16-19-25)28-21-20-26(37-28)29(32)34-23-27-24(2)36-30(33)38-27/h14-16,18-21,30,33H,3-13,17,22-23H2,1-2H3. The van der Waals surface area contributed by atoms with Gasteiger partial charge in [-0.1, -0.05) is 95.8 Å². The third kappa shape index (κ3) is 10.1. The number of esters is 1. The molecule has 0 bridgehead atoms. The maximum Gasteiger partial charge on any atom is 0.374 e. The maximum atomic E-state index is 12.5. The molecule has 38 heavy (non-hydrogen) atoms. The lowest BCUT2D eigenvalue weighted by Crippen LogP contribution is -2.18. The molecule has 2 heterocycles. The zero-order chi connectivity index (χ0) is 27.0. The van der Waals surface area contributed by atoms with Crippen LogP contribution in [0.5, 0.6) is 0 Å². The first-order chi connectivity index (χ1) is 18.6. The lowest BCUT2D eigenvalue weighted by Gasteiger charge is -2.21. The number of aliphatic hydroxyl groups is 1. The number of furan rings is 1. The van der Waals surface area contributed by atoms with Crippen molar-refractivity contribution in [1.82, 2.24) is 0 Å². The molecule has 2 aromatic rings. The molecule has 8 nitrogen and oxygen atoms in total. The molecule has 8 heteroatoms. The van der Waals surface area contributed by atoms with Crippen molar-refractivity contribution in [2.24, 2.45) is 0 Å². The summed E-state index contributed by atoms with van der Waals surface area (Å²) in [5, 5.41) is 11.0. The summed E-state index contributed by atoms with van der Waals surface area (Å²) >= 11 is 0. The Morgan fingerprint density at radius 3 is 2.11 bits per heavy atom. The van der Waals surface area contributed by atoms with Crippen LogP contribution in [-0.2, 0) is 19.0 Å². The van der Waals surface area contributed by atoms with Gasteiger partial charge < -0.3 is 23.7 Å². The van der Waals surface area contributed by atoms with Gasteiger partial charge in [0.05, 0.1) is 12.3 Å². The Bertz CT molecular complexity index is 972. The van der Waals surface area contributed by atoms with E-state index in [1.54, 1.807) is 24.1 Å². The van der Waals surface area contributed by atoms with Gasteiger partial charge in [-0.25, -0.2) is 4.79 Å². The number of aliphatic hydroxyl groups excluding tert-OH is 1. The molecular weight excluding hydrogens is 486 g/mol. The van der Waals surface area contributed by atoms with Crippen molar-refractivity contribution >= 4 is 17.5 Å². The molecule has 1 aliphatic rings. The number of hydrogen-bond donors (Lipinski definition) is 1. The molecule has 210 valence electrons. The van der Waals surface area contributed by atoms with Crippen LogP contribution in [0.4, 0.5) is 11.6 Å². The molecule has 1 N–H and O–H groups in total. The van der Waals surface area contributed by atoms with E-state index in [0.29, 0.717) is 18.3 Å². The lowest BCUT2D eigenvalue weighted by atomic mass is 10.1. The van der Waals surface area contributed by atoms with E-state index in [0.717, 1.165) is 18.5 Å². The van der Waals surface area contributed by atoms with Gasteiger partial charge in [-0.2, -0.15) is 5.06 Å². The number of anilines is 2. The molecular formula is C30H43NO7. The highest BCUT2D eigenvalue weighted by molar-refractivity contribution is 5.87. The predicted molar refractivity (Wildman–Crippen MR) is 145 cm³/mol. The number of hydrogen-bond acceptors (Lipinski definition) is 8. The van der Waals surface area contributed by atoms with E-state index in [1.165, 1.54) is 64.2 Å². The van der Waals surface area contributed by atoms with Gasteiger partial charge in [0.15, 0.2) is 12.4 Å². The summed E-state index contributed by atoms with van der Waals surface area (Å²) in [7, 11) is 0. The number of nitrogens with zero attached hydrogens (tertiary/aromatic N) is 1. The minimum absolute atomic E-state index is 0.0348. The van der Waals surface area contributed by atoms with Gasteiger partial charge >= 0.3 is 12.4 Å². The van der Waals surface area contributed by atoms with Crippen LogP contribution in [0.15, 0.2) is 58.4 Å². The minimum atomic E-state index is -1.37. The third-order valence-electron chi connectivity index (χ3n) is 6.45. The first-order valence-electron chi connectivity index (χ1n) is 14.0. The Labute approximate surface area is 226 Å². The van der Waals surface area contributed by atoms with Gasteiger partial charge in [-0.3, -0.25) is 4.84 Å². The molecule has 1 aromatic carbocycles. The molecule has 1 aromatic heterocycles. The van der Waals surface area contributed by atoms with E-state index in [1.807, 2.05) is 30.3 Å². The van der Waals surface area contributed by atoms with Crippen LogP contribution in [-0.4, -0.2) is 30.8 Å². The van der Waals surface area contributed by atoms with Crippen molar-refractivity contribution in [2.45, 2.75) is 97.4 Å². The van der Waals surface area contributed by atoms with Gasteiger partial charge in [0, 0.05) is 6.07 Å². The van der Waals surface area contributed by atoms with Gasteiger partial charge in [0.2, 0.25) is 11.6 Å². The maximum absolute atomic E-state index is 12.5. The molecule has 3 rings (SSSR count). The van der Waals surface area contributed by atoms with E-state index in [4.69, 9.17) is 23.5 Å². The summed E-state index contributed by atoms with van der Waals surface area (Å²) in [5.41, 5.74) is 0.798. The summed E-state index contributed by atoms with van der Waals surface area (Å²) in [5.74, 6) is 0.387. The Morgan fingerprint density at radius 1 is 0.868 bits per heavy atom. The van der Waals surface area contributed by atoms with Crippen molar-refractivity contribution in [3.05, 3.63) is 59.7 Å². The van der Waals surface area contributed by atoms with Crippen LogP contribution in [0.1, 0.15) is 101 Å². The summed E-state index contributed by atoms with van der Waals surface area (Å²) < 4.78 is 21.0. The number of para-hydroxylation sites is 1. The first kappa shape index (κ1) is 29.6. The fraction of sp³-hybridized carbons (Fsp3) is 0.567. The number of ether oxygens (including phenoxy) is 3. The number of allylic oxidation sites excluding steroid dienone is 1. The monoisotopic (exact) mass is 529 g/mol. The van der Waals surface area contributed by atoms with Crippen LogP contribution in [0.2, 0.25) is 0 Å². The molecule has 1 aliphatic heterocycles. The normalized spacial score (nSPS) is 14.9. The van der Waals surface area contributed by atoms with Crippen LogP contribution in [0, 0.1) is 0 Å². The largest absolute Gasteiger partial charge is 0.452 e. The van der Waals surface area contributed by atoms with E-state index in [9.17, 15) is 9.90 Å². The van der Waals surface area contributed by atoms with Crippen molar-refractivity contribution in [2.75, 3.05) is 18.3 Å². The van der Waals surface area contributed by atoms with Gasteiger partial charge in [0.25, 0.3) is 0 Å². The third-order valence-corrected chi connectivity index (χ3v) is 6.45.